The molecule has 0 fully saturated rings. The van der Waals surface area contributed by atoms with Crippen LogP contribution >= 0.6 is 7.82 Å². The Morgan fingerprint density at radius 3 is 1.57 bits per heavy atom. The van der Waals surface area contributed by atoms with E-state index >= 15 is 0 Å². The highest BCUT2D eigenvalue weighted by atomic mass is 31.2. The molecule has 9 nitrogen and oxygen atoms in total. The number of unbranched alkanes of at least 4 members (excludes halogenated alkanes) is 20. The first-order valence-corrected chi connectivity index (χ1v) is 20.2. The molecule has 0 saturated heterocycles. The molecule has 0 aliphatic rings. The molecule has 0 aliphatic heterocycles. The topological polar surface area (TPSA) is 134 Å². The Morgan fingerprint density at radius 2 is 1.07 bits per heavy atom. The number of hydrogen-bond acceptors (Lipinski definition) is 8. The molecule has 10 heteroatoms. The van der Waals surface area contributed by atoms with Crippen molar-refractivity contribution in [2.24, 2.45) is 5.73 Å². The monoisotopic (exact) mass is 675 g/mol. The molecule has 0 saturated carbocycles. The quantitative estimate of drug-likeness (QED) is 0.0291. The summed E-state index contributed by atoms with van der Waals surface area (Å²) in [5.41, 5.74) is 5.32. The molecule has 0 radical (unpaired) electrons. The third kappa shape index (κ3) is 32.7. The van der Waals surface area contributed by atoms with E-state index in [1.54, 1.807) is 0 Å². The van der Waals surface area contributed by atoms with E-state index in [9.17, 15) is 19.0 Å². The molecule has 3 N–H and O–H groups in total. The number of carbonyl (C=O) groups is 2. The molecule has 1 unspecified atom stereocenters. The fraction of sp³-hybridized carbons (Fsp3) is 0.889. The van der Waals surface area contributed by atoms with Gasteiger partial charge in [0.15, 0.2) is 6.10 Å². The van der Waals surface area contributed by atoms with E-state index in [4.69, 9.17) is 24.3 Å². The first-order valence-electron chi connectivity index (χ1n) is 18.7. The minimum Gasteiger partial charge on any atom is -0.462 e. The summed E-state index contributed by atoms with van der Waals surface area (Å²) in [6.07, 6.45) is 31.1. The van der Waals surface area contributed by atoms with Gasteiger partial charge in [-0.2, -0.15) is 0 Å². The number of phosphoric acid groups is 1. The Bertz CT molecular complexity index is 779. The van der Waals surface area contributed by atoms with E-state index in [0.717, 1.165) is 38.5 Å². The highest BCUT2D eigenvalue weighted by molar-refractivity contribution is 7.47. The first-order chi connectivity index (χ1) is 22.3. The van der Waals surface area contributed by atoms with Gasteiger partial charge >= 0.3 is 19.8 Å². The van der Waals surface area contributed by atoms with Gasteiger partial charge in [-0.1, -0.05) is 135 Å². The maximum Gasteiger partial charge on any atom is 0.472 e. The van der Waals surface area contributed by atoms with Crippen LogP contribution in [0.15, 0.2) is 12.2 Å². The van der Waals surface area contributed by atoms with Gasteiger partial charge in [0.2, 0.25) is 0 Å². The predicted octanol–water partition coefficient (Wildman–Crippen LogP) is 9.88. The van der Waals surface area contributed by atoms with Crippen LogP contribution in [-0.4, -0.2) is 49.3 Å². The molecule has 0 rings (SSSR count). The minimum absolute atomic E-state index is 0.0554. The Morgan fingerprint density at radius 1 is 0.630 bits per heavy atom. The number of phosphoric ester groups is 1. The summed E-state index contributed by atoms with van der Waals surface area (Å²) in [6.45, 7) is 3.68. The normalized spacial score (nSPS) is 13.6. The largest absolute Gasteiger partial charge is 0.472 e. The van der Waals surface area contributed by atoms with Crippen LogP contribution in [0.25, 0.3) is 0 Å². The average Bonchev–Trinajstić information content (AvgIpc) is 3.04. The molecule has 2 atom stereocenters. The van der Waals surface area contributed by atoms with Crippen molar-refractivity contribution in [2.45, 2.75) is 180 Å². The molecule has 0 heterocycles. The van der Waals surface area contributed by atoms with E-state index in [1.807, 2.05) is 0 Å². The highest BCUT2D eigenvalue weighted by Gasteiger charge is 2.25. The number of esters is 2. The van der Waals surface area contributed by atoms with Gasteiger partial charge in [-0.05, 0) is 38.5 Å². The van der Waals surface area contributed by atoms with Crippen molar-refractivity contribution in [3.8, 4) is 0 Å². The zero-order valence-electron chi connectivity index (χ0n) is 29.6. The summed E-state index contributed by atoms with van der Waals surface area (Å²) in [5.74, 6) is -0.832. The molecular formula is C36H70NO8P. The van der Waals surface area contributed by atoms with Gasteiger partial charge in [0.05, 0.1) is 13.2 Å². The van der Waals surface area contributed by atoms with Gasteiger partial charge < -0.3 is 20.1 Å². The number of carbonyl (C=O) groups excluding carboxylic acids is 2. The maximum absolute atomic E-state index is 12.5. The van der Waals surface area contributed by atoms with Crippen molar-refractivity contribution in [2.75, 3.05) is 26.4 Å². The third-order valence-corrected chi connectivity index (χ3v) is 8.89. The molecule has 0 aromatic rings. The second-order valence-electron chi connectivity index (χ2n) is 12.4. The molecule has 0 aromatic heterocycles. The lowest BCUT2D eigenvalue weighted by Gasteiger charge is -2.19. The summed E-state index contributed by atoms with van der Waals surface area (Å²) < 4.78 is 32.5. The standard InChI is InChI=1S/C36H70NO8P/c1-3-5-7-9-11-13-14-15-16-17-18-19-20-21-23-25-27-29-36(39)45-34(33-44-46(40,41)43-31-30-37)32-42-35(38)28-26-24-22-12-10-8-6-4-2/h13-14,34H,3-12,15-33,37H2,1-2H3,(H,40,41)/b14-13+/t34-/m1/s1. The third-order valence-electron chi connectivity index (χ3n) is 7.90. The average molecular weight is 676 g/mol. The Labute approximate surface area is 281 Å². The second kappa shape index (κ2) is 33.6. The molecule has 0 aliphatic carbocycles. The number of nitrogens with two attached hydrogens (primary N) is 1. The lowest BCUT2D eigenvalue weighted by molar-refractivity contribution is -0.161. The summed E-state index contributed by atoms with van der Waals surface area (Å²) in [5, 5.41) is 0. The fourth-order valence-corrected chi connectivity index (χ4v) is 5.86. The van der Waals surface area contributed by atoms with Crippen molar-refractivity contribution in [3.63, 3.8) is 0 Å². The van der Waals surface area contributed by atoms with Gasteiger partial charge in [0.1, 0.15) is 6.61 Å². The summed E-state index contributed by atoms with van der Waals surface area (Å²) in [4.78, 5) is 34.5. The number of allylic oxidation sites excluding steroid dienone is 2. The van der Waals surface area contributed by atoms with Crippen LogP contribution in [0.4, 0.5) is 0 Å². The van der Waals surface area contributed by atoms with Crippen LogP contribution in [0.1, 0.15) is 174 Å². The lowest BCUT2D eigenvalue weighted by atomic mass is 10.1. The van der Waals surface area contributed by atoms with E-state index in [-0.39, 0.29) is 38.6 Å². The lowest BCUT2D eigenvalue weighted by Crippen LogP contribution is -2.29. The Hall–Kier alpha value is -1.25. The van der Waals surface area contributed by atoms with Crippen molar-refractivity contribution in [1.82, 2.24) is 0 Å². The summed E-state index contributed by atoms with van der Waals surface area (Å²) >= 11 is 0. The van der Waals surface area contributed by atoms with Crippen molar-refractivity contribution < 1.29 is 37.6 Å². The van der Waals surface area contributed by atoms with Crippen LogP contribution < -0.4 is 5.73 Å². The van der Waals surface area contributed by atoms with E-state index in [1.165, 1.54) is 103 Å². The Balaban J connectivity index is 4.16. The van der Waals surface area contributed by atoms with Crippen molar-refractivity contribution in [1.29, 1.82) is 0 Å². The fourth-order valence-electron chi connectivity index (χ4n) is 5.10. The van der Waals surface area contributed by atoms with E-state index in [2.05, 4.69) is 26.0 Å². The van der Waals surface area contributed by atoms with Gasteiger partial charge in [-0.25, -0.2) is 4.57 Å². The molecule has 0 bridgehead atoms. The molecule has 46 heavy (non-hydrogen) atoms. The summed E-state index contributed by atoms with van der Waals surface area (Å²) in [6, 6.07) is 0. The van der Waals surface area contributed by atoms with Crippen LogP contribution in [0.2, 0.25) is 0 Å². The number of hydrogen-bond donors (Lipinski definition) is 2. The predicted molar refractivity (Wildman–Crippen MR) is 188 cm³/mol. The van der Waals surface area contributed by atoms with Crippen LogP contribution in [0.5, 0.6) is 0 Å². The zero-order valence-corrected chi connectivity index (χ0v) is 30.5. The van der Waals surface area contributed by atoms with Crippen molar-refractivity contribution >= 4 is 19.8 Å². The van der Waals surface area contributed by atoms with Crippen LogP contribution in [0, 0.1) is 0 Å². The second-order valence-corrected chi connectivity index (χ2v) is 13.9. The molecular weight excluding hydrogens is 605 g/mol. The van der Waals surface area contributed by atoms with Crippen LogP contribution in [-0.2, 0) is 32.7 Å². The van der Waals surface area contributed by atoms with E-state index < -0.39 is 26.5 Å². The first kappa shape index (κ1) is 44.8. The zero-order chi connectivity index (χ0) is 34.0. The highest BCUT2D eigenvalue weighted by Crippen LogP contribution is 2.43. The van der Waals surface area contributed by atoms with E-state index in [0.29, 0.717) is 6.42 Å². The minimum atomic E-state index is -4.36. The van der Waals surface area contributed by atoms with Gasteiger partial charge in [-0.15, -0.1) is 0 Å². The molecule has 0 spiro atoms. The van der Waals surface area contributed by atoms with Crippen LogP contribution in [0.3, 0.4) is 0 Å². The van der Waals surface area contributed by atoms with Gasteiger partial charge in [-0.3, -0.25) is 18.6 Å². The van der Waals surface area contributed by atoms with Crippen molar-refractivity contribution in [3.05, 3.63) is 12.2 Å². The molecule has 0 aromatic carbocycles. The van der Waals surface area contributed by atoms with Gasteiger partial charge in [0.25, 0.3) is 0 Å². The van der Waals surface area contributed by atoms with Gasteiger partial charge in [0, 0.05) is 19.4 Å². The smallest absolute Gasteiger partial charge is 0.462 e. The Kier molecular flexibility index (Phi) is 32.7. The molecule has 0 amide bonds. The molecule has 272 valence electrons. The summed E-state index contributed by atoms with van der Waals surface area (Å²) in [7, 11) is -4.36. The maximum atomic E-state index is 12.5. The SMILES string of the molecule is CCCCCC/C=C/CCCCCCCCCCCC(=O)O[C@H](COC(=O)CCCCCCCCCC)COP(=O)(O)OCCN. The number of ether oxygens (including phenoxy) is 2. The number of rotatable bonds is 35.